The number of hydrogen-bond donors (Lipinski definition) is 1. The summed E-state index contributed by atoms with van der Waals surface area (Å²) in [4.78, 5) is 0. The van der Waals surface area contributed by atoms with Gasteiger partial charge in [-0.3, -0.25) is 0 Å². The average Bonchev–Trinajstić information content (AvgIpc) is 2.75. The van der Waals surface area contributed by atoms with Gasteiger partial charge in [0.05, 0.1) is 0 Å². The summed E-state index contributed by atoms with van der Waals surface area (Å²) in [5, 5.41) is 1.04. The minimum absolute atomic E-state index is 1.04. The smallest absolute Gasteiger partial charge is 0.204 e. The third kappa shape index (κ3) is 2.00. The van der Waals surface area contributed by atoms with Gasteiger partial charge in [0.15, 0.2) is 0 Å². The summed E-state index contributed by atoms with van der Waals surface area (Å²) in [7, 11) is 0. The molecular weight excluding hydrogens is 240 g/mol. The lowest BCUT2D eigenvalue weighted by atomic mass is 10.2. The molecule has 0 fully saturated rings. The van der Waals surface area contributed by atoms with Gasteiger partial charge in [-0.1, -0.05) is 58.5 Å². The molecule has 0 aliphatic heterocycles. The van der Waals surface area contributed by atoms with Crippen LogP contribution in [-0.2, 0) is 0 Å². The van der Waals surface area contributed by atoms with Gasteiger partial charge < -0.3 is 0 Å². The highest BCUT2D eigenvalue weighted by Crippen LogP contribution is 2.20. The second-order valence-corrected chi connectivity index (χ2v) is 5.08. The molecule has 0 radical (unpaired) electrons. The van der Waals surface area contributed by atoms with Crippen LogP contribution in [0.25, 0.3) is 22.4 Å². The molecule has 3 heteroatoms. The predicted octanol–water partition coefficient (Wildman–Crippen LogP) is 3.07. The highest BCUT2D eigenvalue weighted by atomic mass is 32.1. The van der Waals surface area contributed by atoms with Crippen LogP contribution in [0.2, 0.25) is 0 Å². The Kier molecular flexibility index (Phi) is 2.82. The van der Waals surface area contributed by atoms with Crippen LogP contribution in [0.5, 0.6) is 0 Å². The lowest BCUT2D eigenvalue weighted by Crippen LogP contribution is -2.45. The number of nitrogens with zero attached hydrogens (tertiary/aromatic N) is 1. The molecule has 0 atom stereocenters. The third-order valence-electron chi connectivity index (χ3n) is 2.79. The van der Waals surface area contributed by atoms with Crippen LogP contribution in [0.15, 0.2) is 54.6 Å². The van der Waals surface area contributed by atoms with Crippen molar-refractivity contribution < 1.29 is 4.68 Å². The quantitative estimate of drug-likeness (QED) is 0.552. The normalized spacial score (nSPS) is 11.3. The molecule has 0 aliphatic rings. The fraction of sp³-hybridized carbons (Fsp3) is 0. The van der Waals surface area contributed by atoms with E-state index in [4.69, 9.17) is 5.84 Å². The molecule has 3 aromatic rings. The summed E-state index contributed by atoms with van der Waals surface area (Å²) in [5.41, 5.74) is 2.24. The van der Waals surface area contributed by atoms with Gasteiger partial charge in [0.1, 0.15) is 4.70 Å². The maximum absolute atomic E-state index is 6.08. The van der Waals surface area contributed by atoms with Crippen molar-refractivity contribution in [2.24, 2.45) is 0 Å². The molecule has 0 unspecified atom stereocenters. The SMILES string of the molecule is N[n+]1c(C=Cc2ccccc2)sc2ccccc21. The summed E-state index contributed by atoms with van der Waals surface area (Å²) < 4.78 is 2.94. The van der Waals surface area contributed by atoms with Crippen molar-refractivity contribution in [3.8, 4) is 0 Å². The maximum Gasteiger partial charge on any atom is 0.291 e. The van der Waals surface area contributed by atoms with Crippen LogP contribution in [0, 0.1) is 0 Å². The lowest BCUT2D eigenvalue weighted by molar-refractivity contribution is -0.608. The summed E-state index contributed by atoms with van der Waals surface area (Å²) >= 11 is 1.69. The van der Waals surface area contributed by atoms with E-state index in [1.165, 1.54) is 10.3 Å². The molecule has 2 aromatic carbocycles. The molecule has 0 amide bonds. The van der Waals surface area contributed by atoms with Crippen molar-refractivity contribution >= 4 is 33.7 Å². The first-order valence-corrected chi connectivity index (χ1v) is 6.58. The maximum atomic E-state index is 6.08. The second kappa shape index (κ2) is 4.63. The third-order valence-corrected chi connectivity index (χ3v) is 3.90. The van der Waals surface area contributed by atoms with Gasteiger partial charge >= 0.3 is 0 Å². The molecule has 0 aliphatic carbocycles. The van der Waals surface area contributed by atoms with E-state index in [2.05, 4.69) is 30.4 Å². The molecule has 88 valence electrons. The number of benzene rings is 2. The van der Waals surface area contributed by atoms with Crippen molar-refractivity contribution in [3.05, 3.63) is 65.2 Å². The number of fused-ring (bicyclic) bond motifs is 1. The summed E-state index contributed by atoms with van der Waals surface area (Å²) in [5.74, 6) is 6.08. The van der Waals surface area contributed by atoms with Crippen molar-refractivity contribution in [2.45, 2.75) is 0 Å². The Labute approximate surface area is 110 Å². The topological polar surface area (TPSA) is 29.9 Å². The van der Waals surface area contributed by atoms with Gasteiger partial charge in [-0.15, -0.1) is 0 Å². The van der Waals surface area contributed by atoms with Crippen LogP contribution in [0.3, 0.4) is 0 Å². The van der Waals surface area contributed by atoms with Crippen LogP contribution in [0.4, 0.5) is 0 Å². The fourth-order valence-electron chi connectivity index (χ4n) is 1.87. The number of para-hydroxylation sites is 1. The Morgan fingerprint density at radius 3 is 2.39 bits per heavy atom. The first-order valence-electron chi connectivity index (χ1n) is 5.76. The first-order chi connectivity index (χ1) is 8.84. The fourth-order valence-corrected chi connectivity index (χ4v) is 2.84. The van der Waals surface area contributed by atoms with Crippen molar-refractivity contribution in [1.29, 1.82) is 0 Å². The lowest BCUT2D eigenvalue weighted by Gasteiger charge is -1.89. The highest BCUT2D eigenvalue weighted by molar-refractivity contribution is 7.18. The predicted molar refractivity (Wildman–Crippen MR) is 77.5 cm³/mol. The Balaban J connectivity index is 2.00. The van der Waals surface area contributed by atoms with Crippen LogP contribution < -0.4 is 10.5 Å². The zero-order chi connectivity index (χ0) is 12.4. The van der Waals surface area contributed by atoms with Crippen molar-refractivity contribution in [2.75, 3.05) is 5.84 Å². The van der Waals surface area contributed by atoms with E-state index in [0.29, 0.717) is 0 Å². The van der Waals surface area contributed by atoms with Crippen LogP contribution in [-0.4, -0.2) is 0 Å². The van der Waals surface area contributed by atoms with E-state index in [1.54, 1.807) is 16.0 Å². The summed E-state index contributed by atoms with van der Waals surface area (Å²) in [6.07, 6.45) is 4.13. The highest BCUT2D eigenvalue weighted by Gasteiger charge is 2.14. The summed E-state index contributed by atoms with van der Waals surface area (Å²) in [6.45, 7) is 0. The molecule has 2 N–H and O–H groups in total. The molecule has 0 saturated carbocycles. The first kappa shape index (κ1) is 11.0. The standard InChI is InChI=1S/C15H13N2S/c16-17-13-8-4-5-9-14(13)18-15(17)11-10-12-6-2-1-3-7-12/h1-11H,16H2/q+1. The van der Waals surface area contributed by atoms with Gasteiger partial charge in [-0.25, -0.2) is 5.84 Å². The molecule has 1 heterocycles. The Bertz CT molecular complexity index is 699. The monoisotopic (exact) mass is 253 g/mol. The van der Waals surface area contributed by atoms with E-state index in [1.807, 2.05) is 36.4 Å². The second-order valence-electron chi connectivity index (χ2n) is 4.02. The average molecular weight is 253 g/mol. The largest absolute Gasteiger partial charge is 0.291 e. The van der Waals surface area contributed by atoms with Gasteiger partial charge in [0, 0.05) is 12.1 Å². The van der Waals surface area contributed by atoms with E-state index >= 15 is 0 Å². The van der Waals surface area contributed by atoms with Crippen LogP contribution >= 0.6 is 11.3 Å². The molecule has 18 heavy (non-hydrogen) atoms. The number of aromatic nitrogens is 1. The number of thiazole rings is 1. The molecule has 2 nitrogen and oxygen atoms in total. The van der Waals surface area contributed by atoms with Crippen molar-refractivity contribution in [1.82, 2.24) is 0 Å². The molecule has 3 rings (SSSR count). The van der Waals surface area contributed by atoms with E-state index in [-0.39, 0.29) is 0 Å². The van der Waals surface area contributed by atoms with Gasteiger partial charge in [0.25, 0.3) is 10.5 Å². The Hall–Kier alpha value is -2.13. The van der Waals surface area contributed by atoms with Crippen molar-refractivity contribution in [3.63, 3.8) is 0 Å². The molecule has 0 spiro atoms. The number of rotatable bonds is 2. The number of hydrogen-bond acceptors (Lipinski definition) is 2. The zero-order valence-corrected chi connectivity index (χ0v) is 10.6. The number of nitrogens with two attached hydrogens (primary N) is 1. The van der Waals surface area contributed by atoms with E-state index in [9.17, 15) is 0 Å². The minimum atomic E-state index is 1.04. The Morgan fingerprint density at radius 1 is 0.889 bits per heavy atom. The molecule has 0 bridgehead atoms. The van der Waals surface area contributed by atoms with Gasteiger partial charge in [-0.2, -0.15) is 0 Å². The minimum Gasteiger partial charge on any atom is -0.204 e. The number of nitrogen functional groups attached to an aromatic ring is 1. The van der Waals surface area contributed by atoms with Crippen LogP contribution in [0.1, 0.15) is 10.6 Å². The zero-order valence-electron chi connectivity index (χ0n) is 9.78. The van der Waals surface area contributed by atoms with E-state index in [0.717, 1.165) is 10.5 Å². The van der Waals surface area contributed by atoms with Gasteiger partial charge in [0.2, 0.25) is 0 Å². The van der Waals surface area contributed by atoms with Gasteiger partial charge in [-0.05, 0) is 17.7 Å². The molecule has 1 aromatic heterocycles. The molecule has 0 saturated heterocycles. The van der Waals surface area contributed by atoms with E-state index < -0.39 is 0 Å². The molecular formula is C15H13N2S+. The Morgan fingerprint density at radius 2 is 1.61 bits per heavy atom. The summed E-state index contributed by atoms with van der Waals surface area (Å²) in [6, 6.07) is 18.4.